The smallest absolute Gasteiger partial charge is 0.335 e. The molecule has 4 heteroatoms. The van der Waals surface area contributed by atoms with E-state index >= 15 is 0 Å². The summed E-state index contributed by atoms with van der Waals surface area (Å²) in [5, 5.41) is 0. The number of rotatable bonds is 8. The van der Waals surface area contributed by atoms with Gasteiger partial charge in [0.1, 0.15) is 0 Å². The number of hydrogen-bond donors (Lipinski definition) is 0. The van der Waals surface area contributed by atoms with Gasteiger partial charge in [0, 0.05) is 0 Å². The molecule has 2 nitrogen and oxygen atoms in total. The number of hydrogen-bond acceptors (Lipinski definition) is 2. The summed E-state index contributed by atoms with van der Waals surface area (Å²) in [5.74, 6) is 1.32. The van der Waals surface area contributed by atoms with Crippen molar-refractivity contribution < 1.29 is 9.53 Å². The molecule has 0 bridgehead atoms. The van der Waals surface area contributed by atoms with Crippen molar-refractivity contribution >= 4 is 28.6 Å². The average Bonchev–Trinajstić information content (AvgIpc) is 2.17. The third kappa shape index (κ3) is 10.2. The third-order valence-corrected chi connectivity index (χ3v) is 2.73. The number of esters is 1. The highest BCUT2D eigenvalue weighted by Gasteiger charge is 1.95. The first-order valence-electron chi connectivity index (χ1n) is 5.21. The van der Waals surface area contributed by atoms with Crippen molar-refractivity contribution in [2.24, 2.45) is 0 Å². The van der Waals surface area contributed by atoms with Crippen LogP contribution in [0.3, 0.4) is 0 Å². The highest BCUT2D eigenvalue weighted by atomic mass is 32.0. The fourth-order valence-corrected chi connectivity index (χ4v) is 1.71. The molecule has 0 aromatic carbocycles. The summed E-state index contributed by atoms with van der Waals surface area (Å²) < 4.78 is 4.97. The maximum Gasteiger partial charge on any atom is 0.335 e. The summed E-state index contributed by atoms with van der Waals surface area (Å²) in [7, 11) is 3.33. The second-order valence-electron chi connectivity index (χ2n) is 3.21. The van der Waals surface area contributed by atoms with Crippen molar-refractivity contribution in [2.45, 2.75) is 45.4 Å². The van der Waals surface area contributed by atoms with Crippen LogP contribution in [0.15, 0.2) is 0 Å². The SMILES string of the molecule is CCCCCCCCOC(=O)C=PP. The van der Waals surface area contributed by atoms with Crippen LogP contribution in [0.2, 0.25) is 0 Å². The molecule has 0 N–H and O–H groups in total. The van der Waals surface area contributed by atoms with Crippen LogP contribution < -0.4 is 0 Å². The summed E-state index contributed by atoms with van der Waals surface area (Å²) >= 11 is 0. The van der Waals surface area contributed by atoms with Gasteiger partial charge in [-0.25, -0.2) is 4.79 Å². The molecule has 0 saturated heterocycles. The predicted molar refractivity (Wildman–Crippen MR) is 67.0 cm³/mol. The van der Waals surface area contributed by atoms with E-state index in [1.807, 2.05) is 0 Å². The molecule has 0 radical (unpaired) electrons. The molecule has 0 aliphatic carbocycles. The van der Waals surface area contributed by atoms with E-state index in [2.05, 4.69) is 15.9 Å². The molecule has 1 atom stereocenters. The van der Waals surface area contributed by atoms with Crippen LogP contribution in [0.5, 0.6) is 0 Å². The van der Waals surface area contributed by atoms with Crippen LogP contribution in [-0.2, 0) is 9.53 Å². The molecule has 0 heterocycles. The first kappa shape index (κ1) is 14.1. The highest BCUT2D eigenvalue weighted by Crippen LogP contribution is 2.06. The Morgan fingerprint density at radius 1 is 1.29 bits per heavy atom. The Bertz CT molecular complexity index is 170. The lowest BCUT2D eigenvalue weighted by atomic mass is 10.1. The molecule has 0 aromatic rings. The minimum Gasteiger partial charge on any atom is -0.462 e. The monoisotopic (exact) mass is 234 g/mol. The Kier molecular flexibility index (Phi) is 11.2. The first-order valence-corrected chi connectivity index (χ1v) is 7.79. The number of carbonyl (C=O) groups is 1. The van der Waals surface area contributed by atoms with E-state index in [9.17, 15) is 4.79 Å². The minimum absolute atomic E-state index is 0.199. The molecule has 82 valence electrons. The van der Waals surface area contributed by atoms with Crippen LogP contribution in [0.25, 0.3) is 0 Å². The van der Waals surface area contributed by atoms with Crippen molar-refractivity contribution in [1.82, 2.24) is 0 Å². The minimum atomic E-state index is -0.199. The van der Waals surface area contributed by atoms with Gasteiger partial charge in [0.25, 0.3) is 0 Å². The summed E-state index contributed by atoms with van der Waals surface area (Å²) in [6.45, 7) is 2.78. The Hall–Kier alpha value is 0.0700. The van der Waals surface area contributed by atoms with Gasteiger partial charge >= 0.3 is 5.97 Å². The zero-order chi connectivity index (χ0) is 10.6. The van der Waals surface area contributed by atoms with Crippen LogP contribution in [0.1, 0.15) is 45.4 Å². The first-order chi connectivity index (χ1) is 6.81. The van der Waals surface area contributed by atoms with Gasteiger partial charge in [-0.05, 0) is 6.42 Å². The Morgan fingerprint density at radius 3 is 2.57 bits per heavy atom. The summed E-state index contributed by atoms with van der Waals surface area (Å²) in [6, 6.07) is 0. The maximum absolute atomic E-state index is 10.9. The topological polar surface area (TPSA) is 26.3 Å². The third-order valence-electron chi connectivity index (χ3n) is 1.92. The molecule has 14 heavy (non-hydrogen) atoms. The van der Waals surface area contributed by atoms with Crippen molar-refractivity contribution in [3.8, 4) is 0 Å². The van der Waals surface area contributed by atoms with E-state index < -0.39 is 0 Å². The van der Waals surface area contributed by atoms with E-state index in [0.29, 0.717) is 6.61 Å². The van der Waals surface area contributed by atoms with Crippen LogP contribution in [-0.4, -0.2) is 18.4 Å². The zero-order valence-corrected chi connectivity index (χ0v) is 10.9. The maximum atomic E-state index is 10.9. The summed E-state index contributed by atoms with van der Waals surface area (Å²) in [4.78, 5) is 10.9. The highest BCUT2D eigenvalue weighted by molar-refractivity contribution is 8.02. The molecule has 0 fully saturated rings. The lowest BCUT2D eigenvalue weighted by Gasteiger charge is -2.01. The lowest BCUT2D eigenvalue weighted by molar-refractivity contribution is -0.134. The largest absolute Gasteiger partial charge is 0.462 e. The number of carbonyl (C=O) groups excluding carboxylic acids is 1. The van der Waals surface area contributed by atoms with Gasteiger partial charge in [-0.3, -0.25) is 0 Å². The van der Waals surface area contributed by atoms with E-state index in [1.165, 1.54) is 37.9 Å². The Morgan fingerprint density at radius 2 is 1.93 bits per heavy atom. The summed E-state index contributed by atoms with van der Waals surface area (Å²) in [6.07, 6.45) is 7.33. The lowest BCUT2D eigenvalue weighted by Crippen LogP contribution is -2.05. The predicted octanol–water partition coefficient (Wildman–Crippen LogP) is 3.43. The molecule has 0 rings (SSSR count). The van der Waals surface area contributed by atoms with Gasteiger partial charge in [-0.15, -0.1) is 0 Å². The van der Waals surface area contributed by atoms with E-state index in [-0.39, 0.29) is 5.97 Å². The van der Waals surface area contributed by atoms with Gasteiger partial charge in [-0.2, -0.15) is 0 Å². The average molecular weight is 234 g/mol. The molecule has 0 amide bonds. The number of ether oxygens (including phenoxy) is 1. The van der Waals surface area contributed by atoms with Crippen molar-refractivity contribution in [3.63, 3.8) is 0 Å². The van der Waals surface area contributed by atoms with Gasteiger partial charge in [0.2, 0.25) is 0 Å². The van der Waals surface area contributed by atoms with Crippen LogP contribution >= 0.6 is 16.8 Å². The molecule has 1 unspecified atom stereocenters. The van der Waals surface area contributed by atoms with Gasteiger partial charge in [-0.1, -0.05) is 55.8 Å². The second kappa shape index (κ2) is 11.1. The molecule has 0 saturated carbocycles. The van der Waals surface area contributed by atoms with E-state index in [0.717, 1.165) is 14.3 Å². The Balaban J connectivity index is 3.09. The van der Waals surface area contributed by atoms with Gasteiger partial charge in [0.05, 0.1) is 12.4 Å². The zero-order valence-electron chi connectivity index (χ0n) is 8.87. The van der Waals surface area contributed by atoms with Crippen molar-refractivity contribution in [1.29, 1.82) is 0 Å². The second-order valence-corrected chi connectivity index (χ2v) is 4.66. The molecule has 0 aliphatic heterocycles. The van der Waals surface area contributed by atoms with Gasteiger partial charge in [0.15, 0.2) is 0 Å². The molecular formula is C10H20O2P2. The number of unbranched alkanes of at least 4 members (excludes halogenated alkanes) is 5. The van der Waals surface area contributed by atoms with Crippen LogP contribution in [0, 0.1) is 0 Å². The molecule has 0 spiro atoms. The quantitative estimate of drug-likeness (QED) is 0.365. The molecule has 0 aliphatic rings. The van der Waals surface area contributed by atoms with Crippen molar-refractivity contribution in [3.05, 3.63) is 0 Å². The standard InChI is InChI=1S/C10H20O2P2/c1-2-3-4-5-6-7-8-12-10(11)9-14-13/h9H,2-8,13H2,1H3. The normalized spacial score (nSPS) is 10.7. The Labute approximate surface area is 90.7 Å². The van der Waals surface area contributed by atoms with E-state index in [1.54, 1.807) is 0 Å². The molecular weight excluding hydrogens is 214 g/mol. The van der Waals surface area contributed by atoms with Gasteiger partial charge < -0.3 is 4.74 Å². The van der Waals surface area contributed by atoms with E-state index in [4.69, 9.17) is 4.74 Å². The van der Waals surface area contributed by atoms with Crippen molar-refractivity contribution in [2.75, 3.05) is 6.61 Å². The fourth-order valence-electron chi connectivity index (χ4n) is 1.15. The van der Waals surface area contributed by atoms with Crippen LogP contribution in [0.4, 0.5) is 0 Å². The summed E-state index contributed by atoms with van der Waals surface area (Å²) in [5.41, 5.74) is 0. The fraction of sp³-hybridized carbons (Fsp3) is 0.800. The molecule has 0 aromatic heterocycles.